The van der Waals surface area contributed by atoms with Gasteiger partial charge in [-0.3, -0.25) is 38.0 Å². The third-order valence-electron chi connectivity index (χ3n) is 11.7. The number of ketones is 2. The minimum absolute atomic E-state index is 0.0791. The van der Waals surface area contributed by atoms with E-state index in [1.165, 1.54) is 6.08 Å². The van der Waals surface area contributed by atoms with Crippen molar-refractivity contribution < 1.29 is 70.8 Å². The number of nitrogens with zero attached hydrogens (tertiary/aromatic N) is 1. The van der Waals surface area contributed by atoms with Crippen molar-refractivity contribution >= 4 is 44.9 Å². The van der Waals surface area contributed by atoms with Crippen LogP contribution < -0.4 is 10.2 Å². The van der Waals surface area contributed by atoms with E-state index in [-0.39, 0.29) is 30.0 Å². The number of aliphatic hydroxyl groups excluding tert-OH is 1. The Labute approximate surface area is 299 Å². The summed E-state index contributed by atoms with van der Waals surface area (Å²) in [5.41, 5.74) is -2.31. The van der Waals surface area contributed by atoms with E-state index in [4.69, 9.17) is 14.0 Å². The Bertz CT molecular complexity index is 1710. The monoisotopic (exact) mass is 769 g/mol. The van der Waals surface area contributed by atoms with Crippen molar-refractivity contribution in [3.8, 4) is 0 Å². The Kier molecular flexibility index (Phi) is 10.6. The van der Waals surface area contributed by atoms with Crippen LogP contribution in [-0.4, -0.2) is 94.6 Å². The van der Waals surface area contributed by atoms with Gasteiger partial charge in [-0.05, 0) is 56.1 Å². The first-order chi connectivity index (χ1) is 24.4. The molecule has 3 amide bonds. The SMILES string of the molecule is CCCC1O[C@@H]2C[C@H]3[C@@H]4CCC5=CC(=O)C=C[C@]5(C)[C@H]4[C@@H](O)C[C@]3(C)[C@]2(C(=O)COP(=O)(O)OP(=O)([O-])OCCNC(=O)CN2C(=O)C=CC2=O)O1. The molecule has 0 aromatic rings. The van der Waals surface area contributed by atoms with Crippen LogP contribution in [0.1, 0.15) is 59.3 Å². The molecular formula is C33H43N2O15P2-. The number of aliphatic hydroxyl groups is 1. The van der Waals surface area contributed by atoms with Crippen LogP contribution in [0, 0.1) is 28.6 Å². The van der Waals surface area contributed by atoms with Crippen LogP contribution in [0.4, 0.5) is 0 Å². The fraction of sp³-hybridized carbons (Fsp3) is 0.667. The van der Waals surface area contributed by atoms with Crippen molar-refractivity contribution in [3.05, 3.63) is 36.0 Å². The summed E-state index contributed by atoms with van der Waals surface area (Å²) in [6.45, 7) is 2.91. The fourth-order valence-corrected chi connectivity index (χ4v) is 11.5. The minimum atomic E-state index is -5.53. The first-order valence-electron chi connectivity index (χ1n) is 17.3. The molecule has 0 aromatic heterocycles. The molecule has 19 heteroatoms. The van der Waals surface area contributed by atoms with E-state index >= 15 is 0 Å². The summed E-state index contributed by atoms with van der Waals surface area (Å²) < 4.78 is 51.7. The predicted octanol–water partition coefficient (Wildman–Crippen LogP) is 1.38. The predicted molar refractivity (Wildman–Crippen MR) is 175 cm³/mol. The summed E-state index contributed by atoms with van der Waals surface area (Å²) in [4.78, 5) is 85.0. The van der Waals surface area contributed by atoms with Gasteiger partial charge in [0.05, 0.1) is 18.8 Å². The highest BCUT2D eigenvalue weighted by Crippen LogP contribution is 2.70. The zero-order chi connectivity index (χ0) is 37.9. The molecule has 3 N–H and O–H groups in total. The average Bonchev–Trinajstić information content (AvgIpc) is 3.66. The largest absolute Gasteiger partial charge is 0.756 e. The van der Waals surface area contributed by atoms with E-state index < -0.39 is 100 Å². The molecule has 286 valence electrons. The van der Waals surface area contributed by atoms with E-state index in [1.54, 1.807) is 6.08 Å². The number of rotatable bonds is 14. The quantitative estimate of drug-likeness (QED) is 0.128. The van der Waals surface area contributed by atoms with Gasteiger partial charge in [-0.1, -0.05) is 38.8 Å². The number of amides is 3. The topological polar surface area (TPSA) is 244 Å². The Morgan fingerprint density at radius 2 is 1.85 bits per heavy atom. The van der Waals surface area contributed by atoms with E-state index in [0.717, 1.165) is 17.7 Å². The summed E-state index contributed by atoms with van der Waals surface area (Å²) >= 11 is 0. The molecule has 0 bridgehead atoms. The highest BCUT2D eigenvalue weighted by atomic mass is 31.3. The Balaban J connectivity index is 1.11. The van der Waals surface area contributed by atoms with Crippen molar-refractivity contribution in [1.82, 2.24) is 10.2 Å². The van der Waals surface area contributed by atoms with Gasteiger partial charge < -0.3 is 34.2 Å². The number of Topliss-reactive ketones (excluding diaryl/α,β-unsaturated/α-hetero) is 1. The molecule has 11 atom stereocenters. The number of hydrogen-bond acceptors (Lipinski definition) is 14. The number of carbonyl (C=O) groups excluding carboxylic acids is 5. The lowest BCUT2D eigenvalue weighted by Crippen LogP contribution is -2.63. The molecule has 6 rings (SSSR count). The minimum Gasteiger partial charge on any atom is -0.756 e. The number of fused-ring (bicyclic) bond motifs is 7. The van der Waals surface area contributed by atoms with Crippen LogP contribution in [0.2, 0.25) is 0 Å². The highest BCUT2D eigenvalue weighted by molar-refractivity contribution is 7.60. The number of imide groups is 1. The number of carbonyl (C=O) groups is 5. The molecule has 6 aliphatic rings. The Morgan fingerprint density at radius 1 is 1.13 bits per heavy atom. The van der Waals surface area contributed by atoms with Gasteiger partial charge in [0, 0.05) is 35.4 Å². The van der Waals surface area contributed by atoms with Crippen molar-refractivity contribution in [1.29, 1.82) is 0 Å². The van der Waals surface area contributed by atoms with Gasteiger partial charge in [-0.25, -0.2) is 8.88 Å². The van der Waals surface area contributed by atoms with Crippen LogP contribution in [-0.2, 0) is 55.9 Å². The highest BCUT2D eigenvalue weighted by Gasteiger charge is 2.75. The smallest absolute Gasteiger partial charge is 0.479 e. The van der Waals surface area contributed by atoms with Gasteiger partial charge in [-0.15, -0.1) is 0 Å². The van der Waals surface area contributed by atoms with E-state index in [9.17, 15) is 48.0 Å². The first kappa shape index (κ1) is 39.0. The number of phosphoric ester groups is 2. The van der Waals surface area contributed by atoms with Crippen molar-refractivity contribution in [2.75, 3.05) is 26.3 Å². The molecular weight excluding hydrogens is 726 g/mol. The summed E-state index contributed by atoms with van der Waals surface area (Å²) in [5, 5.41) is 14.1. The normalized spacial score (nSPS) is 38.5. The van der Waals surface area contributed by atoms with Crippen LogP contribution in [0.25, 0.3) is 0 Å². The number of ether oxygens (including phenoxy) is 2. The maximum absolute atomic E-state index is 14.3. The van der Waals surface area contributed by atoms with Crippen LogP contribution in [0.15, 0.2) is 36.0 Å². The summed E-state index contributed by atoms with van der Waals surface area (Å²) in [6.07, 6.45) is 7.53. The second kappa shape index (κ2) is 14.2. The second-order valence-corrected chi connectivity index (χ2v) is 17.6. The molecule has 1 saturated heterocycles. The Morgan fingerprint density at radius 3 is 2.54 bits per heavy atom. The van der Waals surface area contributed by atoms with E-state index in [1.807, 2.05) is 26.8 Å². The van der Waals surface area contributed by atoms with Gasteiger partial charge >= 0.3 is 7.82 Å². The van der Waals surface area contributed by atoms with Crippen LogP contribution in [0.3, 0.4) is 0 Å². The average molecular weight is 770 g/mol. The lowest BCUT2D eigenvalue weighted by Gasteiger charge is -2.59. The standard InChI is InChI=1S/C33H44N2O15P2/c1-4-5-29-48-25-15-22-21-7-6-19-14-20(36)10-11-31(19,2)30(21)23(37)16-32(22,3)33(25,49-29)24(38)18-47-52(44,45)50-51(42,43)46-13-12-34-26(39)17-35-27(40)8-9-28(35)41/h8-11,14,21-23,25,29-30,37H,4-7,12-13,15-18H2,1-3H3,(H,34,39)(H,42,43)(H,44,45)/p-1/t21-,22-,23-,25+,29?,30+,31-,32-,33+/m0/s1. The first-order valence-corrected chi connectivity index (χ1v) is 20.2. The molecule has 3 unspecified atom stereocenters. The maximum atomic E-state index is 14.3. The van der Waals surface area contributed by atoms with Gasteiger partial charge in [0.1, 0.15) is 13.2 Å². The lowest BCUT2D eigenvalue weighted by molar-refractivity contribution is -0.218. The fourth-order valence-electron chi connectivity index (χ4n) is 9.56. The molecule has 0 aromatic carbocycles. The van der Waals surface area contributed by atoms with Crippen molar-refractivity contribution in [3.63, 3.8) is 0 Å². The zero-order valence-electron chi connectivity index (χ0n) is 29.0. The Hall–Kier alpha value is -2.69. The third-order valence-corrected chi connectivity index (χ3v) is 14.2. The molecule has 2 aliphatic heterocycles. The van der Waals surface area contributed by atoms with Crippen molar-refractivity contribution in [2.45, 2.75) is 83.4 Å². The molecule has 17 nitrogen and oxygen atoms in total. The number of hydrogen-bond donors (Lipinski definition) is 3. The number of phosphoric acid groups is 2. The van der Waals surface area contributed by atoms with Gasteiger partial charge in [0.15, 0.2) is 23.5 Å². The third kappa shape index (κ3) is 6.89. The second-order valence-electron chi connectivity index (χ2n) is 14.6. The van der Waals surface area contributed by atoms with Crippen LogP contribution >= 0.6 is 15.6 Å². The molecule has 0 radical (unpaired) electrons. The summed E-state index contributed by atoms with van der Waals surface area (Å²) in [6, 6.07) is 0. The van der Waals surface area contributed by atoms with Gasteiger partial charge in [0.2, 0.25) is 5.91 Å². The summed E-state index contributed by atoms with van der Waals surface area (Å²) in [5.74, 6) is -3.54. The number of allylic oxidation sites excluding steroid dienone is 4. The van der Waals surface area contributed by atoms with E-state index in [0.29, 0.717) is 37.0 Å². The lowest BCUT2D eigenvalue weighted by atomic mass is 9.46. The molecule has 0 spiro atoms. The molecule has 2 heterocycles. The zero-order valence-corrected chi connectivity index (χ0v) is 30.8. The van der Waals surface area contributed by atoms with E-state index in [2.05, 4.69) is 14.2 Å². The summed E-state index contributed by atoms with van der Waals surface area (Å²) in [7, 11) is -11.0. The molecule has 4 fully saturated rings. The van der Waals surface area contributed by atoms with Crippen LogP contribution in [0.5, 0.6) is 0 Å². The maximum Gasteiger partial charge on any atom is 0.479 e. The van der Waals surface area contributed by atoms with Crippen molar-refractivity contribution in [2.24, 2.45) is 28.6 Å². The van der Waals surface area contributed by atoms with Gasteiger partial charge in [-0.2, -0.15) is 0 Å². The molecule has 3 saturated carbocycles. The molecule has 52 heavy (non-hydrogen) atoms. The molecule has 4 aliphatic carbocycles. The number of nitrogens with one attached hydrogen (secondary N) is 1. The van der Waals surface area contributed by atoms with Gasteiger partial charge in [0.25, 0.3) is 19.6 Å².